The number of likely N-dealkylation sites (N-methyl/N-ethyl adjacent to an activating group) is 1. The molecule has 1 unspecified atom stereocenters. The summed E-state index contributed by atoms with van der Waals surface area (Å²) < 4.78 is 21.6. The minimum Gasteiger partial charge on any atom is -0.460 e. The highest BCUT2D eigenvalue weighted by Gasteiger charge is 2.27. The Morgan fingerprint density at radius 1 is 1.16 bits per heavy atom. The van der Waals surface area contributed by atoms with Crippen molar-refractivity contribution < 1.29 is 13.9 Å². The number of hydrogen-bond acceptors (Lipinski definition) is 3. The van der Waals surface area contributed by atoms with E-state index in [0.717, 1.165) is 25.1 Å². The number of benzene rings is 2. The van der Waals surface area contributed by atoms with Crippen LogP contribution in [0.1, 0.15) is 55.5 Å². The summed E-state index contributed by atoms with van der Waals surface area (Å²) in [5.41, 5.74) is 5.59. The Morgan fingerprint density at radius 2 is 1.88 bits per heavy atom. The first-order valence-electron chi connectivity index (χ1n) is 11.4. The molecule has 4 nitrogen and oxygen atoms in total. The van der Waals surface area contributed by atoms with E-state index < -0.39 is 5.60 Å². The van der Waals surface area contributed by atoms with Crippen molar-refractivity contribution >= 4 is 16.9 Å². The molecule has 1 aliphatic rings. The standard InChI is InChI=1S/C27H33FN2O2/c1-18-6-11-24-22(14-18)23-17-29(5)13-12-25(23)30(24)16-20(15-26(31)32-27(2,3)4)19-7-9-21(28)10-8-19/h6-11,14,20H,12-13,15-17H2,1-5H3. The SMILES string of the molecule is Cc1ccc2c(c1)c1c(n2CC(CC(=O)OC(C)(C)C)c2ccc(F)cc2)CCN(C)C1. The molecule has 0 saturated carbocycles. The van der Waals surface area contributed by atoms with Gasteiger partial charge >= 0.3 is 5.97 Å². The molecule has 0 fully saturated rings. The molecule has 3 aromatic rings. The second kappa shape index (κ2) is 8.70. The summed E-state index contributed by atoms with van der Waals surface area (Å²) in [6.07, 6.45) is 1.23. The third-order valence-electron chi connectivity index (χ3n) is 6.18. The monoisotopic (exact) mass is 436 g/mol. The fraction of sp³-hybridized carbons (Fsp3) is 0.444. The number of esters is 1. The Morgan fingerprint density at radius 3 is 2.56 bits per heavy atom. The van der Waals surface area contributed by atoms with Crippen LogP contribution in [0, 0.1) is 12.7 Å². The summed E-state index contributed by atoms with van der Waals surface area (Å²) in [6, 6.07) is 13.1. The molecular formula is C27H33FN2O2. The lowest BCUT2D eigenvalue weighted by Crippen LogP contribution is -2.28. The largest absolute Gasteiger partial charge is 0.460 e. The molecule has 5 heteroatoms. The van der Waals surface area contributed by atoms with E-state index in [0.29, 0.717) is 6.54 Å². The molecule has 0 radical (unpaired) electrons. The van der Waals surface area contributed by atoms with Crippen molar-refractivity contribution in [3.63, 3.8) is 0 Å². The molecule has 0 N–H and O–H groups in total. The van der Waals surface area contributed by atoms with Gasteiger partial charge in [-0.1, -0.05) is 23.8 Å². The van der Waals surface area contributed by atoms with E-state index in [4.69, 9.17) is 4.74 Å². The maximum atomic E-state index is 13.6. The Bertz CT molecular complexity index is 1130. The molecule has 0 bridgehead atoms. The minimum atomic E-state index is -0.536. The molecule has 1 atom stereocenters. The fourth-order valence-corrected chi connectivity index (χ4v) is 4.73. The normalized spacial score (nSPS) is 15.6. The van der Waals surface area contributed by atoms with Gasteiger partial charge in [0.05, 0.1) is 6.42 Å². The Balaban J connectivity index is 1.75. The molecule has 1 aromatic heterocycles. The Labute approximate surface area is 190 Å². The van der Waals surface area contributed by atoms with E-state index >= 15 is 0 Å². The molecule has 1 aliphatic heterocycles. The number of rotatable bonds is 5. The van der Waals surface area contributed by atoms with Crippen molar-refractivity contribution in [2.45, 2.75) is 65.1 Å². The maximum Gasteiger partial charge on any atom is 0.306 e. The minimum absolute atomic E-state index is 0.105. The zero-order valence-corrected chi connectivity index (χ0v) is 19.7. The quantitative estimate of drug-likeness (QED) is 0.489. The number of aryl methyl sites for hydroxylation is 1. The van der Waals surface area contributed by atoms with Crippen LogP contribution in [0.2, 0.25) is 0 Å². The lowest BCUT2D eigenvalue weighted by Gasteiger charge is -2.26. The third-order valence-corrected chi connectivity index (χ3v) is 6.18. The van der Waals surface area contributed by atoms with Gasteiger partial charge in [-0.2, -0.15) is 0 Å². The smallest absolute Gasteiger partial charge is 0.306 e. The highest BCUT2D eigenvalue weighted by molar-refractivity contribution is 5.86. The summed E-state index contributed by atoms with van der Waals surface area (Å²) in [6.45, 7) is 10.4. The van der Waals surface area contributed by atoms with Crippen LogP contribution in [-0.2, 0) is 29.0 Å². The van der Waals surface area contributed by atoms with Crippen LogP contribution in [-0.4, -0.2) is 34.6 Å². The average molecular weight is 437 g/mol. The molecule has 0 aliphatic carbocycles. The van der Waals surface area contributed by atoms with Crippen molar-refractivity contribution in [3.8, 4) is 0 Å². The van der Waals surface area contributed by atoms with Crippen molar-refractivity contribution in [2.24, 2.45) is 0 Å². The molecule has 170 valence electrons. The summed E-state index contributed by atoms with van der Waals surface area (Å²) in [4.78, 5) is 15.1. The lowest BCUT2D eigenvalue weighted by molar-refractivity contribution is -0.155. The van der Waals surface area contributed by atoms with Gasteiger partial charge in [0.15, 0.2) is 0 Å². The van der Waals surface area contributed by atoms with Gasteiger partial charge < -0.3 is 14.2 Å². The zero-order valence-electron chi connectivity index (χ0n) is 19.7. The first-order valence-corrected chi connectivity index (χ1v) is 11.4. The summed E-state index contributed by atoms with van der Waals surface area (Å²) in [7, 11) is 2.16. The molecular weight excluding hydrogens is 403 g/mol. The summed E-state index contributed by atoms with van der Waals surface area (Å²) >= 11 is 0. The molecule has 0 amide bonds. The second-order valence-corrected chi connectivity index (χ2v) is 10.1. The van der Waals surface area contributed by atoms with Gasteiger partial charge in [-0.15, -0.1) is 0 Å². The van der Waals surface area contributed by atoms with Crippen molar-refractivity contribution in [2.75, 3.05) is 13.6 Å². The van der Waals surface area contributed by atoms with Crippen molar-refractivity contribution in [1.29, 1.82) is 0 Å². The number of fused-ring (bicyclic) bond motifs is 3. The number of nitrogens with zero attached hydrogens (tertiary/aromatic N) is 2. The van der Waals surface area contributed by atoms with Gasteiger partial charge in [0.25, 0.3) is 0 Å². The highest BCUT2D eigenvalue weighted by Crippen LogP contribution is 2.34. The van der Waals surface area contributed by atoms with E-state index in [1.54, 1.807) is 12.1 Å². The van der Waals surface area contributed by atoms with Crippen LogP contribution in [0.15, 0.2) is 42.5 Å². The lowest BCUT2D eigenvalue weighted by atomic mass is 9.95. The first kappa shape index (κ1) is 22.5. The van der Waals surface area contributed by atoms with Crippen molar-refractivity contribution in [1.82, 2.24) is 9.47 Å². The van der Waals surface area contributed by atoms with Crippen LogP contribution in [0.5, 0.6) is 0 Å². The Hall–Kier alpha value is -2.66. The second-order valence-electron chi connectivity index (χ2n) is 10.1. The third kappa shape index (κ3) is 4.88. The van der Waals surface area contributed by atoms with Gasteiger partial charge in [0, 0.05) is 48.6 Å². The van der Waals surface area contributed by atoms with Crippen molar-refractivity contribution in [3.05, 3.63) is 70.7 Å². The van der Waals surface area contributed by atoms with E-state index in [1.807, 2.05) is 20.8 Å². The van der Waals surface area contributed by atoms with Crippen LogP contribution in [0.3, 0.4) is 0 Å². The average Bonchev–Trinajstić information content (AvgIpc) is 2.99. The summed E-state index contributed by atoms with van der Waals surface area (Å²) in [5, 5.41) is 1.29. The van der Waals surface area contributed by atoms with Gasteiger partial charge in [0.2, 0.25) is 0 Å². The van der Waals surface area contributed by atoms with E-state index in [-0.39, 0.29) is 24.1 Å². The van der Waals surface area contributed by atoms with Crippen LogP contribution < -0.4 is 0 Å². The molecule has 2 aromatic carbocycles. The van der Waals surface area contributed by atoms with E-state index in [1.165, 1.54) is 39.9 Å². The van der Waals surface area contributed by atoms with Gasteiger partial charge in [-0.25, -0.2) is 4.39 Å². The van der Waals surface area contributed by atoms with E-state index in [9.17, 15) is 9.18 Å². The van der Waals surface area contributed by atoms with Gasteiger partial charge in [-0.05, 0) is 70.1 Å². The zero-order chi connectivity index (χ0) is 23.0. The number of ether oxygens (including phenoxy) is 1. The predicted octanol–water partition coefficient (Wildman–Crippen LogP) is 5.59. The van der Waals surface area contributed by atoms with E-state index in [2.05, 4.69) is 41.6 Å². The summed E-state index contributed by atoms with van der Waals surface area (Å²) in [5.74, 6) is -0.606. The first-order chi connectivity index (χ1) is 15.1. The van der Waals surface area contributed by atoms with Crippen LogP contribution >= 0.6 is 0 Å². The van der Waals surface area contributed by atoms with Gasteiger partial charge in [0.1, 0.15) is 11.4 Å². The topological polar surface area (TPSA) is 34.5 Å². The van der Waals surface area contributed by atoms with Crippen LogP contribution in [0.25, 0.3) is 10.9 Å². The number of hydrogen-bond donors (Lipinski definition) is 0. The Kier molecular flexibility index (Phi) is 6.13. The molecule has 4 rings (SSSR count). The molecule has 0 saturated heterocycles. The molecule has 32 heavy (non-hydrogen) atoms. The fourth-order valence-electron chi connectivity index (χ4n) is 4.73. The number of carbonyl (C=O) groups is 1. The number of carbonyl (C=O) groups excluding carboxylic acids is 1. The van der Waals surface area contributed by atoms with Crippen LogP contribution in [0.4, 0.5) is 4.39 Å². The number of halogens is 1. The van der Waals surface area contributed by atoms with Gasteiger partial charge in [-0.3, -0.25) is 4.79 Å². The predicted molar refractivity (Wildman–Crippen MR) is 126 cm³/mol. The molecule has 2 heterocycles. The maximum absolute atomic E-state index is 13.6. The molecule has 0 spiro atoms. The highest BCUT2D eigenvalue weighted by atomic mass is 19.1. The number of aromatic nitrogens is 1.